The second-order valence-electron chi connectivity index (χ2n) is 7.82. The monoisotopic (exact) mass is 482 g/mol. The number of alkyl halides is 3. The lowest BCUT2D eigenvalue weighted by atomic mass is 10.0. The van der Waals surface area contributed by atoms with E-state index in [0.29, 0.717) is 22.2 Å². The van der Waals surface area contributed by atoms with Crippen molar-refractivity contribution in [3.05, 3.63) is 114 Å². The molecule has 0 radical (unpaired) electrons. The number of thiocarbonyl (C=S) groups is 1. The normalized spacial score (nSPS) is 18.2. The SMILES string of the molecule is Fc1ccc(N2C(=S)N[C@H](c3ccccn3)[C@@H]2c2cccn2-c2cccc(C(F)(F)F)c2)cc1. The second kappa shape index (κ2) is 8.57. The van der Waals surface area contributed by atoms with Crippen molar-refractivity contribution >= 4 is 23.0 Å². The van der Waals surface area contributed by atoms with Crippen LogP contribution in [-0.4, -0.2) is 14.7 Å². The molecular weight excluding hydrogens is 464 g/mol. The largest absolute Gasteiger partial charge is 0.416 e. The molecule has 2 aromatic heterocycles. The Morgan fingerprint density at radius 2 is 1.68 bits per heavy atom. The molecule has 0 aliphatic carbocycles. The number of hydrogen-bond acceptors (Lipinski definition) is 2. The minimum absolute atomic E-state index is 0.367. The summed E-state index contributed by atoms with van der Waals surface area (Å²) in [5.41, 5.74) is 1.70. The summed E-state index contributed by atoms with van der Waals surface area (Å²) < 4.78 is 55.5. The van der Waals surface area contributed by atoms with E-state index in [1.54, 1.807) is 47.3 Å². The molecule has 172 valence electrons. The van der Waals surface area contributed by atoms with E-state index in [-0.39, 0.29) is 5.82 Å². The van der Waals surface area contributed by atoms with Crippen LogP contribution in [0.15, 0.2) is 91.3 Å². The highest BCUT2D eigenvalue weighted by atomic mass is 32.1. The zero-order chi connectivity index (χ0) is 23.9. The van der Waals surface area contributed by atoms with E-state index < -0.39 is 23.8 Å². The summed E-state index contributed by atoms with van der Waals surface area (Å²) in [7, 11) is 0. The molecule has 1 N–H and O–H groups in total. The number of benzene rings is 2. The molecule has 0 bridgehead atoms. The first kappa shape index (κ1) is 22.1. The van der Waals surface area contributed by atoms with Crippen LogP contribution in [0.1, 0.15) is 29.0 Å². The fraction of sp³-hybridized carbons (Fsp3) is 0.120. The number of aromatic nitrogens is 2. The third kappa shape index (κ3) is 4.03. The average molecular weight is 483 g/mol. The fourth-order valence-electron chi connectivity index (χ4n) is 4.24. The Labute approximate surface area is 198 Å². The maximum Gasteiger partial charge on any atom is 0.416 e. The van der Waals surface area contributed by atoms with Gasteiger partial charge in [0.25, 0.3) is 0 Å². The number of nitrogens with zero attached hydrogens (tertiary/aromatic N) is 3. The van der Waals surface area contributed by atoms with Crippen LogP contribution >= 0.6 is 12.2 Å². The summed E-state index contributed by atoms with van der Waals surface area (Å²) in [5, 5.41) is 3.70. The summed E-state index contributed by atoms with van der Waals surface area (Å²) in [6.45, 7) is 0. The number of rotatable bonds is 4. The molecule has 0 amide bonds. The van der Waals surface area contributed by atoms with Gasteiger partial charge in [-0.3, -0.25) is 4.98 Å². The summed E-state index contributed by atoms with van der Waals surface area (Å²) in [4.78, 5) is 6.32. The van der Waals surface area contributed by atoms with Gasteiger partial charge in [0.2, 0.25) is 0 Å². The molecule has 0 saturated carbocycles. The van der Waals surface area contributed by atoms with E-state index in [9.17, 15) is 17.6 Å². The lowest BCUT2D eigenvalue weighted by molar-refractivity contribution is -0.137. The van der Waals surface area contributed by atoms with Gasteiger partial charge in [0.15, 0.2) is 5.11 Å². The van der Waals surface area contributed by atoms with Gasteiger partial charge in [-0.1, -0.05) is 12.1 Å². The Balaban J connectivity index is 1.66. The van der Waals surface area contributed by atoms with Gasteiger partial charge in [-0.2, -0.15) is 13.2 Å². The Morgan fingerprint density at radius 3 is 2.38 bits per heavy atom. The van der Waals surface area contributed by atoms with E-state index in [0.717, 1.165) is 17.8 Å². The number of anilines is 1. The van der Waals surface area contributed by atoms with Crippen LogP contribution in [0.2, 0.25) is 0 Å². The topological polar surface area (TPSA) is 33.1 Å². The first-order valence-electron chi connectivity index (χ1n) is 10.4. The van der Waals surface area contributed by atoms with Gasteiger partial charge >= 0.3 is 6.18 Å². The molecule has 4 nitrogen and oxygen atoms in total. The van der Waals surface area contributed by atoms with Gasteiger partial charge in [0.1, 0.15) is 11.9 Å². The van der Waals surface area contributed by atoms with Crippen molar-refractivity contribution < 1.29 is 17.6 Å². The first-order valence-corrected chi connectivity index (χ1v) is 10.8. The van der Waals surface area contributed by atoms with Crippen molar-refractivity contribution in [1.82, 2.24) is 14.9 Å². The van der Waals surface area contributed by atoms with Crippen molar-refractivity contribution in [2.24, 2.45) is 0 Å². The van der Waals surface area contributed by atoms with Crippen molar-refractivity contribution in [2.45, 2.75) is 18.3 Å². The third-order valence-electron chi connectivity index (χ3n) is 5.74. The van der Waals surface area contributed by atoms with Crippen LogP contribution in [0, 0.1) is 5.82 Å². The Kier molecular flexibility index (Phi) is 5.57. The lowest BCUT2D eigenvalue weighted by Gasteiger charge is -2.29. The molecule has 1 aliphatic heterocycles. The van der Waals surface area contributed by atoms with Crippen molar-refractivity contribution in [1.29, 1.82) is 0 Å². The van der Waals surface area contributed by atoms with Crippen molar-refractivity contribution in [3.63, 3.8) is 0 Å². The predicted octanol–water partition coefficient (Wildman–Crippen LogP) is 6.21. The van der Waals surface area contributed by atoms with Crippen LogP contribution in [0.5, 0.6) is 0 Å². The quantitative estimate of drug-likeness (QED) is 0.277. The highest BCUT2D eigenvalue weighted by Crippen LogP contribution is 2.42. The predicted molar refractivity (Wildman–Crippen MR) is 125 cm³/mol. The first-order chi connectivity index (χ1) is 16.3. The van der Waals surface area contributed by atoms with Crippen molar-refractivity contribution in [3.8, 4) is 5.69 Å². The molecule has 1 aliphatic rings. The third-order valence-corrected chi connectivity index (χ3v) is 6.05. The van der Waals surface area contributed by atoms with E-state index in [4.69, 9.17) is 12.2 Å². The minimum Gasteiger partial charge on any atom is -0.351 e. The van der Waals surface area contributed by atoms with Gasteiger partial charge in [0.05, 0.1) is 17.3 Å². The Bertz CT molecular complexity index is 1320. The van der Waals surface area contributed by atoms with Crippen LogP contribution < -0.4 is 10.2 Å². The van der Waals surface area contributed by atoms with E-state index >= 15 is 0 Å². The molecule has 1 fully saturated rings. The highest BCUT2D eigenvalue weighted by Gasteiger charge is 2.42. The molecule has 1 saturated heterocycles. The molecule has 2 aromatic carbocycles. The van der Waals surface area contributed by atoms with Crippen LogP contribution in [0.25, 0.3) is 5.69 Å². The zero-order valence-corrected chi connectivity index (χ0v) is 18.4. The van der Waals surface area contributed by atoms with Crippen LogP contribution in [0.4, 0.5) is 23.2 Å². The zero-order valence-electron chi connectivity index (χ0n) is 17.6. The molecular formula is C25H18F4N4S. The Hall–Kier alpha value is -3.72. The smallest absolute Gasteiger partial charge is 0.351 e. The average Bonchev–Trinajstić information content (AvgIpc) is 3.44. The molecule has 3 heterocycles. The van der Waals surface area contributed by atoms with Gasteiger partial charge in [0, 0.05) is 29.5 Å². The van der Waals surface area contributed by atoms with E-state index in [2.05, 4.69) is 10.3 Å². The van der Waals surface area contributed by atoms with Gasteiger partial charge < -0.3 is 14.8 Å². The molecule has 2 atom stereocenters. The summed E-state index contributed by atoms with van der Waals surface area (Å²) in [6.07, 6.45) is -1.08. The van der Waals surface area contributed by atoms with Gasteiger partial charge in [-0.25, -0.2) is 4.39 Å². The lowest BCUT2D eigenvalue weighted by Crippen LogP contribution is -2.30. The fourth-order valence-corrected chi connectivity index (χ4v) is 4.58. The van der Waals surface area contributed by atoms with E-state index in [1.807, 2.05) is 23.1 Å². The standard InChI is InChI=1S/C25H18F4N4S/c26-17-9-11-18(12-10-17)33-23(22(31-24(33)34)20-7-1-2-13-30-20)21-8-4-14-32(21)19-6-3-5-16(15-19)25(27,28)29/h1-15,22-23H,(H,31,34)/t22-,23+/m1/s1. The molecule has 9 heteroatoms. The minimum atomic E-state index is -4.46. The molecule has 0 unspecified atom stereocenters. The van der Waals surface area contributed by atoms with Crippen LogP contribution in [0.3, 0.4) is 0 Å². The van der Waals surface area contributed by atoms with E-state index in [1.165, 1.54) is 18.2 Å². The molecule has 0 spiro atoms. The summed E-state index contributed by atoms with van der Waals surface area (Å²) >= 11 is 5.65. The van der Waals surface area contributed by atoms with Crippen molar-refractivity contribution in [2.75, 3.05) is 4.90 Å². The molecule has 4 aromatic rings. The summed E-state index contributed by atoms with van der Waals surface area (Å²) in [5.74, 6) is -0.382. The number of pyridine rings is 1. The maximum absolute atomic E-state index is 13.6. The van der Waals surface area contributed by atoms with Crippen LogP contribution in [-0.2, 0) is 6.18 Å². The number of halogens is 4. The second-order valence-corrected chi connectivity index (χ2v) is 8.21. The highest BCUT2D eigenvalue weighted by molar-refractivity contribution is 7.80. The van der Waals surface area contributed by atoms with Gasteiger partial charge in [-0.15, -0.1) is 0 Å². The van der Waals surface area contributed by atoms with Gasteiger partial charge in [-0.05, 0) is 78.9 Å². The Morgan fingerprint density at radius 1 is 0.882 bits per heavy atom. The number of hydrogen-bond donors (Lipinski definition) is 1. The molecule has 5 rings (SSSR count). The molecule has 34 heavy (non-hydrogen) atoms. The number of nitrogens with one attached hydrogen (secondary N) is 1. The maximum atomic E-state index is 13.6. The summed E-state index contributed by atoms with van der Waals surface area (Å²) in [6, 6.07) is 19.4.